The molecule has 1 heterocycles. The van der Waals surface area contributed by atoms with Gasteiger partial charge in [0.05, 0.1) is 7.11 Å². The minimum Gasteiger partial charge on any atom is -0.477 e. The third-order valence-corrected chi connectivity index (χ3v) is 5.47. The van der Waals surface area contributed by atoms with Crippen LogP contribution in [0.4, 0.5) is 0 Å². The number of nitrogens with one attached hydrogen (secondary N) is 1. The largest absolute Gasteiger partial charge is 0.477 e. The van der Waals surface area contributed by atoms with Gasteiger partial charge >= 0.3 is 11.9 Å². The third-order valence-electron chi connectivity index (χ3n) is 2.46. The number of carbonyl (C=O) groups is 2. The summed E-state index contributed by atoms with van der Waals surface area (Å²) in [5.41, 5.74) is 0. The highest BCUT2D eigenvalue weighted by Crippen LogP contribution is 2.22. The van der Waals surface area contributed by atoms with E-state index in [0.29, 0.717) is 11.3 Å². The van der Waals surface area contributed by atoms with Gasteiger partial charge in [0.15, 0.2) is 0 Å². The molecule has 0 saturated heterocycles. The maximum Gasteiger partial charge on any atom is 0.345 e. The van der Waals surface area contributed by atoms with Crippen molar-refractivity contribution in [3.63, 3.8) is 0 Å². The van der Waals surface area contributed by atoms with E-state index in [1.165, 1.54) is 19.2 Å². The van der Waals surface area contributed by atoms with Crippen LogP contribution in [0.3, 0.4) is 0 Å². The van der Waals surface area contributed by atoms with E-state index < -0.39 is 28.0 Å². The maximum absolute atomic E-state index is 12.1. The zero-order valence-corrected chi connectivity index (χ0v) is 12.7. The highest BCUT2D eigenvalue weighted by atomic mass is 32.2. The van der Waals surface area contributed by atoms with Gasteiger partial charge in [0.1, 0.15) is 15.1 Å². The average Bonchev–Trinajstić information content (AvgIpc) is 2.85. The summed E-state index contributed by atoms with van der Waals surface area (Å²) in [4.78, 5) is 22.2. The Kier molecular flexibility index (Phi) is 5.26. The van der Waals surface area contributed by atoms with Gasteiger partial charge in [0.2, 0.25) is 0 Å². The first-order valence-corrected chi connectivity index (χ1v) is 7.92. The molecule has 0 aromatic carbocycles. The van der Waals surface area contributed by atoms with Crippen LogP contribution in [0.2, 0.25) is 0 Å². The van der Waals surface area contributed by atoms with Crippen LogP contribution < -0.4 is 4.72 Å². The van der Waals surface area contributed by atoms with Crippen LogP contribution in [0, 0.1) is 5.92 Å². The quantitative estimate of drug-likeness (QED) is 0.754. The Bertz CT molecular complexity index is 604. The summed E-state index contributed by atoms with van der Waals surface area (Å²) < 4.78 is 30.8. The summed E-state index contributed by atoms with van der Waals surface area (Å²) in [6.45, 7) is 3.34. The molecule has 20 heavy (non-hydrogen) atoms. The molecule has 0 radical (unpaired) electrons. The van der Waals surface area contributed by atoms with E-state index in [1.807, 2.05) is 0 Å². The Morgan fingerprint density at radius 1 is 1.35 bits per heavy atom. The monoisotopic (exact) mass is 321 g/mol. The van der Waals surface area contributed by atoms with E-state index in [1.54, 1.807) is 13.8 Å². The van der Waals surface area contributed by atoms with Crippen LogP contribution in [0.15, 0.2) is 16.3 Å². The van der Waals surface area contributed by atoms with E-state index in [-0.39, 0.29) is 15.0 Å². The topological polar surface area (TPSA) is 110 Å². The molecule has 0 amide bonds. The Labute approximate surface area is 120 Å². The molecule has 0 fully saturated rings. The second kappa shape index (κ2) is 6.33. The number of carboxylic acids is 1. The van der Waals surface area contributed by atoms with Crippen molar-refractivity contribution in [3.8, 4) is 0 Å². The molecule has 0 saturated carbocycles. The predicted octanol–water partition coefficient (Wildman–Crippen LogP) is 0.922. The Balaban J connectivity index is 3.03. The highest BCUT2D eigenvalue weighted by Gasteiger charge is 2.30. The van der Waals surface area contributed by atoms with Crippen LogP contribution in [0.1, 0.15) is 23.5 Å². The lowest BCUT2D eigenvalue weighted by atomic mass is 10.1. The number of hydrogen-bond acceptors (Lipinski definition) is 6. The van der Waals surface area contributed by atoms with Gasteiger partial charge in [-0.15, -0.1) is 11.3 Å². The van der Waals surface area contributed by atoms with Crippen molar-refractivity contribution in [2.45, 2.75) is 24.1 Å². The van der Waals surface area contributed by atoms with E-state index in [4.69, 9.17) is 5.11 Å². The van der Waals surface area contributed by atoms with Crippen molar-refractivity contribution in [1.82, 2.24) is 4.72 Å². The van der Waals surface area contributed by atoms with Gasteiger partial charge in [-0.25, -0.2) is 13.2 Å². The minimum atomic E-state index is -3.97. The second-order valence-electron chi connectivity index (χ2n) is 4.29. The molecule has 0 spiro atoms. The van der Waals surface area contributed by atoms with Gasteiger partial charge in [0, 0.05) is 0 Å². The molecule has 0 unspecified atom stereocenters. The number of carbonyl (C=O) groups excluding carboxylic acids is 1. The molecule has 0 aliphatic carbocycles. The van der Waals surface area contributed by atoms with Crippen molar-refractivity contribution in [2.75, 3.05) is 7.11 Å². The number of methoxy groups -OCH3 is 1. The lowest BCUT2D eigenvalue weighted by molar-refractivity contribution is -0.143. The number of ether oxygens (including phenoxy) is 1. The predicted molar refractivity (Wildman–Crippen MR) is 72.2 cm³/mol. The summed E-state index contributed by atoms with van der Waals surface area (Å²) in [7, 11) is -2.80. The molecule has 0 aliphatic heterocycles. The van der Waals surface area contributed by atoms with Crippen LogP contribution in [-0.2, 0) is 19.6 Å². The van der Waals surface area contributed by atoms with Crippen molar-refractivity contribution >= 4 is 33.3 Å². The van der Waals surface area contributed by atoms with E-state index in [2.05, 4.69) is 9.46 Å². The highest BCUT2D eigenvalue weighted by molar-refractivity contribution is 7.91. The standard InChI is InChI=1S/C11H15NO6S2/c1-6(2)9(11(15)18-3)12-20(16,17)8-5-4-7(19-8)10(13)14/h4-6,9,12H,1-3H3,(H,13,14)/t9-/m0/s1. The number of thiophene rings is 1. The molecule has 112 valence electrons. The number of esters is 1. The molecular weight excluding hydrogens is 306 g/mol. The molecule has 1 rings (SSSR count). The number of hydrogen-bond donors (Lipinski definition) is 2. The summed E-state index contributed by atoms with van der Waals surface area (Å²) in [5.74, 6) is -2.21. The first-order valence-electron chi connectivity index (χ1n) is 5.62. The molecule has 1 aromatic heterocycles. The molecule has 9 heteroatoms. The van der Waals surface area contributed by atoms with Gasteiger partial charge in [-0.1, -0.05) is 13.8 Å². The molecule has 0 bridgehead atoms. The molecule has 0 aliphatic rings. The van der Waals surface area contributed by atoms with Gasteiger partial charge in [-0.05, 0) is 18.1 Å². The Morgan fingerprint density at radius 3 is 2.35 bits per heavy atom. The number of rotatable bonds is 6. The van der Waals surface area contributed by atoms with E-state index in [9.17, 15) is 18.0 Å². The van der Waals surface area contributed by atoms with Gasteiger partial charge in [-0.2, -0.15) is 4.72 Å². The van der Waals surface area contributed by atoms with Crippen molar-refractivity contribution in [1.29, 1.82) is 0 Å². The first kappa shape index (κ1) is 16.6. The number of aromatic carboxylic acids is 1. The SMILES string of the molecule is COC(=O)[C@@H](NS(=O)(=O)c1ccc(C(=O)O)s1)C(C)C. The Morgan fingerprint density at radius 2 is 1.95 bits per heavy atom. The molecular formula is C11H15NO6S2. The van der Waals surface area contributed by atoms with Crippen LogP contribution in [0.5, 0.6) is 0 Å². The van der Waals surface area contributed by atoms with Crippen molar-refractivity contribution in [2.24, 2.45) is 5.92 Å². The first-order chi connectivity index (χ1) is 9.19. The number of sulfonamides is 1. The van der Waals surface area contributed by atoms with Crippen molar-refractivity contribution in [3.05, 3.63) is 17.0 Å². The summed E-state index contributed by atoms with van der Waals surface area (Å²) in [5, 5.41) is 8.78. The summed E-state index contributed by atoms with van der Waals surface area (Å²) >= 11 is 0.619. The zero-order chi connectivity index (χ0) is 15.5. The molecule has 7 nitrogen and oxygen atoms in total. The lowest BCUT2D eigenvalue weighted by Crippen LogP contribution is -2.44. The molecule has 1 atom stereocenters. The van der Waals surface area contributed by atoms with Gasteiger partial charge < -0.3 is 9.84 Å². The van der Waals surface area contributed by atoms with Crippen LogP contribution in [-0.4, -0.2) is 38.6 Å². The van der Waals surface area contributed by atoms with Gasteiger partial charge in [0.25, 0.3) is 10.0 Å². The minimum absolute atomic E-state index is 0.0930. The van der Waals surface area contributed by atoms with Crippen LogP contribution >= 0.6 is 11.3 Å². The second-order valence-corrected chi connectivity index (χ2v) is 7.31. The lowest BCUT2D eigenvalue weighted by Gasteiger charge is -2.19. The fourth-order valence-corrected chi connectivity index (χ4v) is 3.88. The molecule has 1 aromatic rings. The maximum atomic E-state index is 12.1. The summed E-state index contributed by atoms with van der Waals surface area (Å²) in [6.07, 6.45) is 0. The third kappa shape index (κ3) is 3.78. The smallest absolute Gasteiger partial charge is 0.345 e. The Hall–Kier alpha value is -1.45. The van der Waals surface area contributed by atoms with Crippen LogP contribution in [0.25, 0.3) is 0 Å². The fraction of sp³-hybridized carbons (Fsp3) is 0.455. The van der Waals surface area contributed by atoms with Crippen molar-refractivity contribution < 1.29 is 27.9 Å². The molecule has 2 N–H and O–H groups in total. The fourth-order valence-electron chi connectivity index (χ4n) is 1.39. The van der Waals surface area contributed by atoms with E-state index in [0.717, 1.165) is 0 Å². The number of carboxylic acid groups (broad SMARTS) is 1. The van der Waals surface area contributed by atoms with E-state index >= 15 is 0 Å². The summed E-state index contributed by atoms with van der Waals surface area (Å²) in [6, 6.07) is 1.36. The zero-order valence-electron chi connectivity index (χ0n) is 11.1. The average molecular weight is 321 g/mol. The normalized spacial score (nSPS) is 13.2. The van der Waals surface area contributed by atoms with Gasteiger partial charge in [-0.3, -0.25) is 4.79 Å².